The van der Waals surface area contributed by atoms with Gasteiger partial charge >= 0.3 is 0 Å². The maximum Gasteiger partial charge on any atom is 0.253 e. The van der Waals surface area contributed by atoms with E-state index in [1.165, 1.54) is 6.92 Å². The highest BCUT2D eigenvalue weighted by Gasteiger charge is 2.07. The SMILES string of the molecule is CC(=O)c1ccc(C#CCNC(=O)c2ccccc2Br)cc1. The monoisotopic (exact) mass is 355 g/mol. The van der Waals surface area contributed by atoms with Crippen LogP contribution in [0.2, 0.25) is 0 Å². The Labute approximate surface area is 137 Å². The predicted molar refractivity (Wildman–Crippen MR) is 89.8 cm³/mol. The minimum absolute atomic E-state index is 0.0280. The zero-order valence-corrected chi connectivity index (χ0v) is 13.6. The Morgan fingerprint density at radius 3 is 2.41 bits per heavy atom. The molecule has 0 aliphatic heterocycles. The summed E-state index contributed by atoms with van der Waals surface area (Å²) in [7, 11) is 0. The molecule has 22 heavy (non-hydrogen) atoms. The van der Waals surface area contributed by atoms with Crippen molar-refractivity contribution in [1.29, 1.82) is 0 Å². The molecule has 0 fully saturated rings. The first kappa shape index (κ1) is 16.0. The van der Waals surface area contributed by atoms with E-state index in [1.54, 1.807) is 30.3 Å². The van der Waals surface area contributed by atoms with E-state index in [2.05, 4.69) is 33.1 Å². The number of carbonyl (C=O) groups is 2. The summed E-state index contributed by atoms with van der Waals surface area (Å²) in [4.78, 5) is 23.1. The molecule has 0 aliphatic rings. The minimum Gasteiger partial charge on any atom is -0.341 e. The van der Waals surface area contributed by atoms with E-state index >= 15 is 0 Å². The molecule has 0 saturated carbocycles. The van der Waals surface area contributed by atoms with Gasteiger partial charge in [0.2, 0.25) is 0 Å². The number of amides is 1. The van der Waals surface area contributed by atoms with E-state index in [9.17, 15) is 9.59 Å². The molecule has 0 unspecified atom stereocenters. The van der Waals surface area contributed by atoms with Crippen LogP contribution in [0.25, 0.3) is 0 Å². The van der Waals surface area contributed by atoms with E-state index in [4.69, 9.17) is 0 Å². The minimum atomic E-state index is -0.172. The molecule has 0 aliphatic carbocycles. The third-order valence-electron chi connectivity index (χ3n) is 2.98. The third kappa shape index (κ3) is 4.31. The maximum atomic E-state index is 12.0. The van der Waals surface area contributed by atoms with Gasteiger partial charge in [0.05, 0.1) is 12.1 Å². The molecule has 0 heterocycles. The second-order valence-corrected chi connectivity index (χ2v) is 5.45. The molecule has 4 heteroatoms. The highest BCUT2D eigenvalue weighted by molar-refractivity contribution is 9.10. The predicted octanol–water partition coefficient (Wildman–Crippen LogP) is 3.43. The van der Waals surface area contributed by atoms with Crippen LogP contribution in [0.1, 0.15) is 33.2 Å². The summed E-state index contributed by atoms with van der Waals surface area (Å²) in [5, 5.41) is 2.74. The number of hydrogen-bond donors (Lipinski definition) is 1. The van der Waals surface area contributed by atoms with Crippen molar-refractivity contribution < 1.29 is 9.59 Å². The van der Waals surface area contributed by atoms with Gasteiger partial charge in [-0.1, -0.05) is 36.1 Å². The first-order chi connectivity index (χ1) is 10.6. The number of carbonyl (C=O) groups excluding carboxylic acids is 2. The van der Waals surface area contributed by atoms with Crippen molar-refractivity contribution in [3.63, 3.8) is 0 Å². The van der Waals surface area contributed by atoms with Gasteiger partial charge in [-0.25, -0.2) is 0 Å². The standard InChI is InChI=1S/C18H14BrNO2/c1-13(21)15-10-8-14(9-11-15)5-4-12-20-18(22)16-6-2-3-7-17(16)19/h2-3,6-11H,12H2,1H3,(H,20,22). The van der Waals surface area contributed by atoms with Crippen molar-refractivity contribution in [3.8, 4) is 11.8 Å². The quantitative estimate of drug-likeness (QED) is 0.677. The van der Waals surface area contributed by atoms with Crippen molar-refractivity contribution in [2.24, 2.45) is 0 Å². The Kier molecular flexibility index (Phi) is 5.51. The fraction of sp³-hybridized carbons (Fsp3) is 0.111. The first-order valence-corrected chi connectivity index (χ1v) is 7.50. The van der Waals surface area contributed by atoms with Gasteiger partial charge < -0.3 is 5.32 Å². The van der Waals surface area contributed by atoms with Gasteiger partial charge in [-0.2, -0.15) is 0 Å². The zero-order chi connectivity index (χ0) is 15.9. The van der Waals surface area contributed by atoms with Gasteiger partial charge in [0.15, 0.2) is 5.78 Å². The summed E-state index contributed by atoms with van der Waals surface area (Å²) in [6, 6.07) is 14.3. The fourth-order valence-electron chi connectivity index (χ4n) is 1.80. The largest absolute Gasteiger partial charge is 0.341 e. The Morgan fingerprint density at radius 1 is 1.09 bits per heavy atom. The smallest absolute Gasteiger partial charge is 0.253 e. The summed E-state index contributed by atoms with van der Waals surface area (Å²) < 4.78 is 0.750. The van der Waals surface area contributed by atoms with E-state index in [-0.39, 0.29) is 18.2 Å². The average Bonchev–Trinajstić information content (AvgIpc) is 2.52. The number of Topliss-reactive ketones (excluding diaryl/α,β-unsaturated/α-hetero) is 1. The number of halogens is 1. The van der Waals surface area contributed by atoms with Gasteiger partial charge in [0.1, 0.15) is 0 Å². The van der Waals surface area contributed by atoms with Crippen LogP contribution in [0.15, 0.2) is 53.0 Å². The van der Waals surface area contributed by atoms with E-state index in [0.717, 1.165) is 10.0 Å². The summed E-state index contributed by atoms with van der Waals surface area (Å²) in [5.74, 6) is 5.69. The second kappa shape index (κ2) is 7.58. The van der Waals surface area contributed by atoms with Crippen LogP contribution >= 0.6 is 15.9 Å². The topological polar surface area (TPSA) is 46.2 Å². The van der Waals surface area contributed by atoms with Crippen molar-refractivity contribution in [2.75, 3.05) is 6.54 Å². The van der Waals surface area contributed by atoms with Crippen molar-refractivity contribution in [1.82, 2.24) is 5.32 Å². The Bertz CT molecular complexity index is 755. The maximum absolute atomic E-state index is 12.0. The second-order valence-electron chi connectivity index (χ2n) is 4.60. The van der Waals surface area contributed by atoms with Crippen LogP contribution in [-0.2, 0) is 0 Å². The van der Waals surface area contributed by atoms with Crippen molar-refractivity contribution in [3.05, 3.63) is 69.7 Å². The molecule has 2 aromatic carbocycles. The summed E-state index contributed by atoms with van der Waals surface area (Å²) in [5.41, 5.74) is 2.04. The van der Waals surface area contributed by atoms with Gasteiger partial charge in [0, 0.05) is 15.6 Å². The van der Waals surface area contributed by atoms with E-state index in [0.29, 0.717) is 11.1 Å². The zero-order valence-electron chi connectivity index (χ0n) is 12.0. The Morgan fingerprint density at radius 2 is 1.77 bits per heavy atom. The molecule has 0 spiro atoms. The van der Waals surface area contributed by atoms with Crippen LogP contribution in [0.3, 0.4) is 0 Å². The highest BCUT2D eigenvalue weighted by Crippen LogP contribution is 2.15. The summed E-state index contributed by atoms with van der Waals surface area (Å²) >= 11 is 3.34. The van der Waals surface area contributed by atoms with Gasteiger partial charge in [-0.3, -0.25) is 9.59 Å². The van der Waals surface area contributed by atoms with Crippen LogP contribution in [0.4, 0.5) is 0 Å². The van der Waals surface area contributed by atoms with Crippen LogP contribution in [0.5, 0.6) is 0 Å². The van der Waals surface area contributed by atoms with Gasteiger partial charge in [-0.05, 0) is 47.1 Å². The lowest BCUT2D eigenvalue weighted by Gasteiger charge is -2.03. The summed E-state index contributed by atoms with van der Waals surface area (Å²) in [6.45, 7) is 1.78. The molecule has 3 nitrogen and oxygen atoms in total. The summed E-state index contributed by atoms with van der Waals surface area (Å²) in [6.07, 6.45) is 0. The molecular formula is C18H14BrNO2. The molecule has 1 N–H and O–H groups in total. The number of rotatable bonds is 3. The Balaban J connectivity index is 1.93. The number of ketones is 1. The number of benzene rings is 2. The van der Waals surface area contributed by atoms with Crippen LogP contribution < -0.4 is 5.32 Å². The van der Waals surface area contributed by atoms with Crippen LogP contribution in [0, 0.1) is 11.8 Å². The molecule has 1 amide bonds. The van der Waals surface area contributed by atoms with Crippen molar-refractivity contribution >= 4 is 27.6 Å². The Hall–Kier alpha value is -2.38. The van der Waals surface area contributed by atoms with E-state index in [1.807, 2.05) is 18.2 Å². The lowest BCUT2D eigenvalue weighted by atomic mass is 10.1. The third-order valence-corrected chi connectivity index (χ3v) is 3.67. The number of nitrogens with one attached hydrogen (secondary N) is 1. The van der Waals surface area contributed by atoms with E-state index < -0.39 is 0 Å². The first-order valence-electron chi connectivity index (χ1n) is 6.70. The molecule has 110 valence electrons. The average molecular weight is 356 g/mol. The molecule has 0 radical (unpaired) electrons. The molecule has 0 saturated heterocycles. The van der Waals surface area contributed by atoms with Gasteiger partial charge in [-0.15, -0.1) is 0 Å². The normalized spacial score (nSPS) is 9.55. The molecule has 0 aromatic heterocycles. The highest BCUT2D eigenvalue weighted by atomic mass is 79.9. The molecule has 2 aromatic rings. The molecular weight excluding hydrogens is 342 g/mol. The fourth-order valence-corrected chi connectivity index (χ4v) is 2.26. The lowest BCUT2D eigenvalue weighted by molar-refractivity contribution is 0.0956. The van der Waals surface area contributed by atoms with Crippen molar-refractivity contribution in [2.45, 2.75) is 6.92 Å². The molecule has 0 bridgehead atoms. The lowest BCUT2D eigenvalue weighted by Crippen LogP contribution is -2.23. The molecule has 2 rings (SSSR count). The van der Waals surface area contributed by atoms with Gasteiger partial charge in [0.25, 0.3) is 5.91 Å². The number of hydrogen-bond acceptors (Lipinski definition) is 2. The molecule has 0 atom stereocenters. The van der Waals surface area contributed by atoms with Crippen LogP contribution in [-0.4, -0.2) is 18.2 Å².